The average molecular weight is 302 g/mol. The number of pyridine rings is 1. The molecule has 18 heavy (non-hydrogen) atoms. The van der Waals surface area contributed by atoms with Gasteiger partial charge in [-0.1, -0.05) is 6.07 Å². The number of aromatic nitrogens is 1. The van der Waals surface area contributed by atoms with Crippen molar-refractivity contribution in [3.8, 4) is 6.07 Å². The summed E-state index contributed by atoms with van der Waals surface area (Å²) in [5, 5.41) is 11.5. The summed E-state index contributed by atoms with van der Waals surface area (Å²) in [7, 11) is 0. The van der Waals surface area contributed by atoms with Crippen LogP contribution >= 0.6 is 15.9 Å². The first-order chi connectivity index (χ1) is 8.70. The maximum Gasteiger partial charge on any atom is 0.255 e. The lowest BCUT2D eigenvalue weighted by atomic mass is 10.1. The van der Waals surface area contributed by atoms with Crippen molar-refractivity contribution in [2.45, 2.75) is 0 Å². The van der Waals surface area contributed by atoms with E-state index >= 15 is 0 Å². The van der Waals surface area contributed by atoms with E-state index in [9.17, 15) is 4.79 Å². The van der Waals surface area contributed by atoms with Gasteiger partial charge in [-0.05, 0) is 40.2 Å². The van der Waals surface area contributed by atoms with E-state index in [0.29, 0.717) is 21.3 Å². The van der Waals surface area contributed by atoms with Gasteiger partial charge in [0, 0.05) is 18.0 Å². The number of hydrogen-bond donors (Lipinski definition) is 1. The molecule has 0 aliphatic heterocycles. The molecule has 0 spiro atoms. The topological polar surface area (TPSA) is 65.8 Å². The van der Waals surface area contributed by atoms with Crippen molar-refractivity contribution >= 4 is 27.5 Å². The van der Waals surface area contributed by atoms with Gasteiger partial charge in [-0.3, -0.25) is 9.78 Å². The summed E-state index contributed by atoms with van der Waals surface area (Å²) < 4.78 is 0.704. The van der Waals surface area contributed by atoms with Crippen LogP contribution in [0.25, 0.3) is 0 Å². The van der Waals surface area contributed by atoms with Gasteiger partial charge in [0.15, 0.2) is 0 Å². The van der Waals surface area contributed by atoms with Gasteiger partial charge in [0.2, 0.25) is 0 Å². The van der Waals surface area contributed by atoms with Crippen LogP contribution in [0.2, 0.25) is 0 Å². The highest BCUT2D eigenvalue weighted by Gasteiger charge is 2.08. The van der Waals surface area contributed by atoms with E-state index in [1.54, 1.807) is 42.7 Å². The number of halogens is 1. The standard InChI is InChI=1S/C13H8BrN3O/c14-11-8-16-5-4-12(11)17-13(18)10-3-1-2-9(6-10)7-15/h1-6,8H,(H,16,17,18). The minimum absolute atomic E-state index is 0.265. The Bertz CT molecular complexity index is 634. The smallest absolute Gasteiger partial charge is 0.255 e. The molecule has 1 aromatic heterocycles. The van der Waals surface area contributed by atoms with Crippen LogP contribution in [0.15, 0.2) is 47.2 Å². The van der Waals surface area contributed by atoms with Gasteiger partial charge in [-0.2, -0.15) is 5.26 Å². The fourth-order valence-corrected chi connectivity index (χ4v) is 1.75. The second kappa shape index (κ2) is 5.43. The molecule has 2 rings (SSSR count). The molecule has 0 fully saturated rings. The Morgan fingerprint density at radius 2 is 2.22 bits per heavy atom. The second-order valence-corrected chi connectivity index (χ2v) is 4.36. The van der Waals surface area contributed by atoms with E-state index in [1.807, 2.05) is 6.07 Å². The van der Waals surface area contributed by atoms with E-state index in [2.05, 4.69) is 26.2 Å². The number of carbonyl (C=O) groups is 1. The second-order valence-electron chi connectivity index (χ2n) is 3.50. The molecule has 1 aromatic carbocycles. The van der Waals surface area contributed by atoms with E-state index in [-0.39, 0.29) is 5.91 Å². The quantitative estimate of drug-likeness (QED) is 0.927. The highest BCUT2D eigenvalue weighted by atomic mass is 79.9. The zero-order valence-electron chi connectivity index (χ0n) is 9.22. The Kier molecular flexibility index (Phi) is 3.70. The van der Waals surface area contributed by atoms with Crippen LogP contribution in [0, 0.1) is 11.3 Å². The molecule has 4 nitrogen and oxygen atoms in total. The number of nitrogens with one attached hydrogen (secondary N) is 1. The first-order valence-corrected chi connectivity index (χ1v) is 5.91. The monoisotopic (exact) mass is 301 g/mol. The third-order valence-corrected chi connectivity index (χ3v) is 2.91. The molecule has 0 atom stereocenters. The molecule has 0 saturated carbocycles. The first-order valence-electron chi connectivity index (χ1n) is 5.12. The fraction of sp³-hybridized carbons (Fsp3) is 0. The van der Waals surface area contributed by atoms with E-state index < -0.39 is 0 Å². The van der Waals surface area contributed by atoms with Crippen LogP contribution in [-0.2, 0) is 0 Å². The predicted octanol–water partition coefficient (Wildman–Crippen LogP) is 2.97. The largest absolute Gasteiger partial charge is 0.321 e. The molecule has 0 radical (unpaired) electrons. The van der Waals surface area contributed by atoms with Crippen molar-refractivity contribution in [3.05, 3.63) is 58.3 Å². The Hall–Kier alpha value is -2.19. The number of amides is 1. The zero-order valence-corrected chi connectivity index (χ0v) is 10.8. The van der Waals surface area contributed by atoms with Crippen molar-refractivity contribution in [3.63, 3.8) is 0 Å². The lowest BCUT2D eigenvalue weighted by Gasteiger charge is -2.06. The summed E-state index contributed by atoms with van der Waals surface area (Å²) in [6, 6.07) is 10.2. The SMILES string of the molecule is N#Cc1cccc(C(=O)Nc2ccncc2Br)c1. The summed E-state index contributed by atoms with van der Waals surface area (Å²) in [5.74, 6) is -0.265. The third kappa shape index (κ3) is 2.73. The molecule has 0 saturated heterocycles. The average Bonchev–Trinajstić information content (AvgIpc) is 2.41. The summed E-state index contributed by atoms with van der Waals surface area (Å²) >= 11 is 3.30. The summed E-state index contributed by atoms with van der Waals surface area (Å²) in [6.45, 7) is 0. The van der Waals surface area contributed by atoms with Crippen molar-refractivity contribution in [2.75, 3.05) is 5.32 Å². The minimum Gasteiger partial charge on any atom is -0.321 e. The summed E-state index contributed by atoms with van der Waals surface area (Å²) in [4.78, 5) is 15.9. The van der Waals surface area contributed by atoms with Crippen molar-refractivity contribution in [1.29, 1.82) is 5.26 Å². The van der Waals surface area contributed by atoms with Crippen molar-refractivity contribution < 1.29 is 4.79 Å². The molecular weight excluding hydrogens is 294 g/mol. The molecule has 0 aliphatic rings. The van der Waals surface area contributed by atoms with Crippen LogP contribution in [-0.4, -0.2) is 10.9 Å². The fourth-order valence-electron chi connectivity index (χ4n) is 1.40. The molecule has 1 amide bonds. The first kappa shape index (κ1) is 12.3. The van der Waals surface area contributed by atoms with Crippen molar-refractivity contribution in [2.24, 2.45) is 0 Å². The summed E-state index contributed by atoms with van der Waals surface area (Å²) in [6.07, 6.45) is 3.19. The molecule has 0 unspecified atom stereocenters. The maximum absolute atomic E-state index is 12.0. The van der Waals surface area contributed by atoms with E-state index in [0.717, 1.165) is 0 Å². The number of nitriles is 1. The normalized spacial score (nSPS) is 9.56. The molecule has 1 N–H and O–H groups in total. The lowest BCUT2D eigenvalue weighted by molar-refractivity contribution is 0.102. The highest BCUT2D eigenvalue weighted by molar-refractivity contribution is 9.10. The van der Waals surface area contributed by atoms with Crippen LogP contribution in [0.4, 0.5) is 5.69 Å². The Balaban J connectivity index is 2.23. The number of nitrogens with zero attached hydrogens (tertiary/aromatic N) is 2. The summed E-state index contributed by atoms with van der Waals surface area (Å²) in [5.41, 5.74) is 1.53. The highest BCUT2D eigenvalue weighted by Crippen LogP contribution is 2.20. The minimum atomic E-state index is -0.265. The molecule has 88 valence electrons. The number of hydrogen-bond acceptors (Lipinski definition) is 3. The van der Waals surface area contributed by atoms with Crippen LogP contribution in [0.3, 0.4) is 0 Å². The third-order valence-electron chi connectivity index (χ3n) is 2.27. The lowest BCUT2D eigenvalue weighted by Crippen LogP contribution is -2.12. The van der Waals surface area contributed by atoms with E-state index in [4.69, 9.17) is 5.26 Å². The molecule has 2 aromatic rings. The maximum atomic E-state index is 12.0. The molecule has 0 aliphatic carbocycles. The van der Waals surface area contributed by atoms with Gasteiger partial charge in [0.25, 0.3) is 5.91 Å². The van der Waals surface area contributed by atoms with Crippen LogP contribution in [0.5, 0.6) is 0 Å². The van der Waals surface area contributed by atoms with Crippen LogP contribution in [0.1, 0.15) is 15.9 Å². The van der Waals surface area contributed by atoms with Gasteiger partial charge < -0.3 is 5.32 Å². The molecular formula is C13H8BrN3O. The number of anilines is 1. The Morgan fingerprint density at radius 3 is 2.94 bits per heavy atom. The Labute approximate surface area is 112 Å². The number of rotatable bonds is 2. The molecule has 5 heteroatoms. The van der Waals surface area contributed by atoms with Gasteiger partial charge in [-0.15, -0.1) is 0 Å². The Morgan fingerprint density at radius 1 is 1.39 bits per heavy atom. The number of benzene rings is 1. The van der Waals surface area contributed by atoms with Gasteiger partial charge in [0.05, 0.1) is 21.8 Å². The van der Waals surface area contributed by atoms with Crippen LogP contribution < -0.4 is 5.32 Å². The van der Waals surface area contributed by atoms with E-state index in [1.165, 1.54) is 0 Å². The molecule has 0 bridgehead atoms. The molecule has 1 heterocycles. The van der Waals surface area contributed by atoms with Crippen molar-refractivity contribution in [1.82, 2.24) is 4.98 Å². The predicted molar refractivity (Wildman–Crippen MR) is 71.0 cm³/mol. The van der Waals surface area contributed by atoms with Gasteiger partial charge in [-0.25, -0.2) is 0 Å². The zero-order chi connectivity index (χ0) is 13.0. The van der Waals surface area contributed by atoms with Gasteiger partial charge >= 0.3 is 0 Å². The number of carbonyl (C=O) groups excluding carboxylic acids is 1. The van der Waals surface area contributed by atoms with Gasteiger partial charge in [0.1, 0.15) is 0 Å².